The van der Waals surface area contributed by atoms with Crippen molar-refractivity contribution in [3.05, 3.63) is 29.0 Å². The molecule has 0 saturated heterocycles. The summed E-state index contributed by atoms with van der Waals surface area (Å²) in [6, 6.07) is 2.71. The Morgan fingerprint density at radius 3 is 2.94 bits per heavy atom. The molecule has 4 nitrogen and oxygen atoms in total. The fourth-order valence-electron chi connectivity index (χ4n) is 1.14. The first kappa shape index (κ1) is 12.7. The molecule has 0 heterocycles. The van der Waals surface area contributed by atoms with E-state index in [0.717, 1.165) is 6.07 Å². The number of rotatable bonds is 5. The van der Waals surface area contributed by atoms with E-state index in [1.54, 1.807) is 0 Å². The summed E-state index contributed by atoms with van der Waals surface area (Å²) in [5, 5.41) is 11.7. The summed E-state index contributed by atoms with van der Waals surface area (Å²) in [6.07, 6.45) is 0. The first-order chi connectivity index (χ1) is 7.54. The fourth-order valence-corrected chi connectivity index (χ4v) is 1.31. The van der Waals surface area contributed by atoms with Gasteiger partial charge in [0.2, 0.25) is 0 Å². The average molecular weight is 248 g/mol. The number of methoxy groups -OCH3 is 1. The Bertz CT molecular complexity index is 386. The number of halogens is 2. The SMILES string of the molecule is COCC(Nc1cc(F)ccc1Cl)C(=O)O. The summed E-state index contributed by atoms with van der Waals surface area (Å²) in [4.78, 5) is 10.8. The van der Waals surface area contributed by atoms with Gasteiger partial charge >= 0.3 is 5.97 Å². The van der Waals surface area contributed by atoms with E-state index in [4.69, 9.17) is 21.4 Å². The maximum atomic E-state index is 12.9. The van der Waals surface area contributed by atoms with Gasteiger partial charge < -0.3 is 15.2 Å². The Morgan fingerprint density at radius 1 is 1.69 bits per heavy atom. The van der Waals surface area contributed by atoms with Gasteiger partial charge in [0.1, 0.15) is 11.9 Å². The Kier molecular flexibility index (Phi) is 4.52. The quantitative estimate of drug-likeness (QED) is 0.836. The van der Waals surface area contributed by atoms with Crippen LogP contribution in [0.4, 0.5) is 10.1 Å². The molecule has 0 aliphatic heterocycles. The van der Waals surface area contributed by atoms with Crippen LogP contribution in [0.15, 0.2) is 18.2 Å². The van der Waals surface area contributed by atoms with Crippen molar-refractivity contribution in [3.63, 3.8) is 0 Å². The lowest BCUT2D eigenvalue weighted by Gasteiger charge is -2.15. The van der Waals surface area contributed by atoms with Gasteiger partial charge in [-0.3, -0.25) is 0 Å². The molecule has 1 aromatic rings. The zero-order valence-electron chi connectivity index (χ0n) is 8.54. The van der Waals surface area contributed by atoms with Gasteiger partial charge in [-0.05, 0) is 18.2 Å². The third kappa shape index (κ3) is 3.36. The standard InChI is InChI=1S/C10H11ClFNO3/c1-16-5-9(10(14)15)13-8-4-6(12)2-3-7(8)11/h2-4,9,13H,5H2,1H3,(H,14,15). The number of carbonyl (C=O) groups is 1. The highest BCUT2D eigenvalue weighted by molar-refractivity contribution is 6.33. The van der Waals surface area contributed by atoms with E-state index in [1.807, 2.05) is 0 Å². The summed E-state index contributed by atoms with van der Waals surface area (Å²) >= 11 is 5.78. The molecule has 1 rings (SSSR count). The predicted molar refractivity (Wildman–Crippen MR) is 58.3 cm³/mol. The number of hydrogen-bond donors (Lipinski definition) is 2. The maximum Gasteiger partial charge on any atom is 0.328 e. The molecule has 1 unspecified atom stereocenters. The largest absolute Gasteiger partial charge is 0.480 e. The fraction of sp³-hybridized carbons (Fsp3) is 0.300. The highest BCUT2D eigenvalue weighted by Gasteiger charge is 2.18. The second-order valence-corrected chi connectivity index (χ2v) is 3.52. The van der Waals surface area contributed by atoms with Crippen LogP contribution >= 0.6 is 11.6 Å². The molecule has 0 aliphatic carbocycles. The Labute approximate surface area is 97.0 Å². The van der Waals surface area contributed by atoms with E-state index in [-0.39, 0.29) is 17.3 Å². The van der Waals surface area contributed by atoms with Crippen molar-refractivity contribution >= 4 is 23.3 Å². The van der Waals surface area contributed by atoms with Gasteiger partial charge in [0, 0.05) is 7.11 Å². The van der Waals surface area contributed by atoms with E-state index in [0.29, 0.717) is 0 Å². The molecule has 0 fully saturated rings. The molecule has 16 heavy (non-hydrogen) atoms. The number of nitrogens with one attached hydrogen (secondary N) is 1. The lowest BCUT2D eigenvalue weighted by atomic mass is 10.2. The van der Waals surface area contributed by atoms with Crippen LogP contribution in [0.5, 0.6) is 0 Å². The van der Waals surface area contributed by atoms with Crippen molar-refractivity contribution in [2.24, 2.45) is 0 Å². The lowest BCUT2D eigenvalue weighted by molar-refractivity contribution is -0.139. The molecule has 0 spiro atoms. The minimum atomic E-state index is -1.10. The highest BCUT2D eigenvalue weighted by Crippen LogP contribution is 2.23. The summed E-state index contributed by atoms with van der Waals surface area (Å²) in [7, 11) is 1.38. The Balaban J connectivity index is 2.84. The number of hydrogen-bond acceptors (Lipinski definition) is 3. The van der Waals surface area contributed by atoms with Crippen LogP contribution in [0.3, 0.4) is 0 Å². The first-order valence-electron chi connectivity index (χ1n) is 4.48. The maximum absolute atomic E-state index is 12.9. The second kappa shape index (κ2) is 5.67. The monoisotopic (exact) mass is 247 g/mol. The first-order valence-corrected chi connectivity index (χ1v) is 4.85. The second-order valence-electron chi connectivity index (χ2n) is 3.11. The molecule has 0 saturated carbocycles. The van der Waals surface area contributed by atoms with Crippen LogP contribution in [-0.4, -0.2) is 30.8 Å². The van der Waals surface area contributed by atoms with Gasteiger partial charge in [-0.2, -0.15) is 0 Å². The summed E-state index contributed by atoms with van der Waals surface area (Å²) in [6.45, 7) is -0.0395. The number of ether oxygens (including phenoxy) is 1. The topological polar surface area (TPSA) is 58.6 Å². The summed E-state index contributed by atoms with van der Waals surface area (Å²) in [5.74, 6) is -1.59. The third-order valence-corrected chi connectivity index (χ3v) is 2.22. The van der Waals surface area contributed by atoms with E-state index >= 15 is 0 Å². The minimum Gasteiger partial charge on any atom is -0.480 e. The molecule has 0 amide bonds. The van der Waals surface area contributed by atoms with Crippen molar-refractivity contribution in [3.8, 4) is 0 Å². The van der Waals surface area contributed by atoms with Crippen molar-refractivity contribution in [2.45, 2.75) is 6.04 Å². The minimum absolute atomic E-state index is 0.0395. The van der Waals surface area contributed by atoms with Crippen LogP contribution in [0.2, 0.25) is 5.02 Å². The predicted octanol–water partition coefficient (Wildman–Crippen LogP) is 1.99. The van der Waals surface area contributed by atoms with Crippen LogP contribution in [0, 0.1) is 5.82 Å². The van der Waals surface area contributed by atoms with Crippen molar-refractivity contribution < 1.29 is 19.0 Å². The van der Waals surface area contributed by atoms with E-state index < -0.39 is 17.8 Å². The molecule has 0 aromatic heterocycles. The van der Waals surface area contributed by atoms with Gasteiger partial charge in [-0.15, -0.1) is 0 Å². The van der Waals surface area contributed by atoms with Crippen molar-refractivity contribution in [2.75, 3.05) is 19.0 Å². The number of carboxylic acids is 1. The molecular formula is C10H11ClFNO3. The molecule has 88 valence electrons. The smallest absolute Gasteiger partial charge is 0.328 e. The van der Waals surface area contributed by atoms with Gasteiger partial charge in [-0.25, -0.2) is 9.18 Å². The molecule has 1 atom stereocenters. The highest BCUT2D eigenvalue weighted by atomic mass is 35.5. The average Bonchev–Trinajstić information content (AvgIpc) is 2.22. The number of anilines is 1. The normalized spacial score (nSPS) is 12.2. The Hall–Kier alpha value is -1.33. The molecule has 0 aliphatic rings. The molecule has 1 aromatic carbocycles. The van der Waals surface area contributed by atoms with Crippen molar-refractivity contribution in [1.29, 1.82) is 0 Å². The Morgan fingerprint density at radius 2 is 2.38 bits per heavy atom. The van der Waals surface area contributed by atoms with Crippen LogP contribution in [0.1, 0.15) is 0 Å². The van der Waals surface area contributed by atoms with Gasteiger partial charge in [-0.1, -0.05) is 11.6 Å². The van der Waals surface area contributed by atoms with Crippen LogP contribution in [0.25, 0.3) is 0 Å². The molecule has 6 heteroatoms. The van der Waals surface area contributed by atoms with Gasteiger partial charge in [0.05, 0.1) is 17.3 Å². The van der Waals surface area contributed by atoms with E-state index in [2.05, 4.69) is 5.32 Å². The zero-order chi connectivity index (χ0) is 12.1. The van der Waals surface area contributed by atoms with E-state index in [1.165, 1.54) is 19.2 Å². The van der Waals surface area contributed by atoms with Crippen LogP contribution in [-0.2, 0) is 9.53 Å². The van der Waals surface area contributed by atoms with Crippen molar-refractivity contribution in [1.82, 2.24) is 0 Å². The zero-order valence-corrected chi connectivity index (χ0v) is 9.29. The van der Waals surface area contributed by atoms with Crippen LogP contribution < -0.4 is 5.32 Å². The number of aliphatic carboxylic acids is 1. The molecule has 0 radical (unpaired) electrons. The summed E-state index contributed by atoms with van der Waals surface area (Å²) in [5.41, 5.74) is 0.228. The molecular weight excluding hydrogens is 237 g/mol. The molecule has 0 bridgehead atoms. The number of carboxylic acid groups (broad SMARTS) is 1. The summed E-state index contributed by atoms with van der Waals surface area (Å²) < 4.78 is 17.6. The lowest BCUT2D eigenvalue weighted by Crippen LogP contribution is -2.33. The molecule has 2 N–H and O–H groups in total. The van der Waals surface area contributed by atoms with E-state index in [9.17, 15) is 9.18 Å². The number of benzene rings is 1. The van der Waals surface area contributed by atoms with Gasteiger partial charge in [0.25, 0.3) is 0 Å². The third-order valence-electron chi connectivity index (χ3n) is 1.89. The van der Waals surface area contributed by atoms with Gasteiger partial charge in [0.15, 0.2) is 0 Å².